The van der Waals surface area contributed by atoms with Gasteiger partial charge in [-0.05, 0) is 18.9 Å². The van der Waals surface area contributed by atoms with E-state index in [9.17, 15) is 9.59 Å². The maximum Gasteiger partial charge on any atom is 0.255 e. The first kappa shape index (κ1) is 15.0. The summed E-state index contributed by atoms with van der Waals surface area (Å²) in [5, 5.41) is 11.6. The number of hydrogen-bond acceptors (Lipinski definition) is 4. The zero-order valence-corrected chi connectivity index (χ0v) is 11.8. The Morgan fingerprint density at radius 1 is 1.52 bits per heavy atom. The van der Waals surface area contributed by atoms with Gasteiger partial charge in [-0.25, -0.2) is 0 Å². The molecule has 1 fully saturated rings. The minimum absolute atomic E-state index is 0.00449. The van der Waals surface area contributed by atoms with Gasteiger partial charge in [-0.2, -0.15) is 0 Å². The number of pyridine rings is 1. The van der Waals surface area contributed by atoms with Gasteiger partial charge in [0.2, 0.25) is 5.91 Å². The zero-order valence-electron chi connectivity index (χ0n) is 11.8. The van der Waals surface area contributed by atoms with E-state index >= 15 is 0 Å². The van der Waals surface area contributed by atoms with E-state index in [2.05, 4.69) is 22.1 Å². The lowest BCUT2D eigenvalue weighted by Gasteiger charge is -2.17. The number of rotatable bonds is 4. The third-order valence-electron chi connectivity index (χ3n) is 3.02. The van der Waals surface area contributed by atoms with Crippen LogP contribution in [0.5, 0.6) is 0 Å². The molecule has 0 aliphatic heterocycles. The van der Waals surface area contributed by atoms with Crippen LogP contribution in [0.25, 0.3) is 0 Å². The molecule has 1 aliphatic rings. The molecule has 21 heavy (non-hydrogen) atoms. The molecule has 6 heteroatoms. The van der Waals surface area contributed by atoms with Crippen LogP contribution in [0, 0.1) is 11.8 Å². The van der Waals surface area contributed by atoms with Crippen LogP contribution < -0.4 is 5.32 Å². The Balaban J connectivity index is 2.05. The fraction of sp³-hybridized carbons (Fsp3) is 0.400. The maximum absolute atomic E-state index is 12.4. The molecule has 1 aromatic heterocycles. The summed E-state index contributed by atoms with van der Waals surface area (Å²) in [6.45, 7) is -0.285. The summed E-state index contributed by atoms with van der Waals surface area (Å²) in [4.78, 5) is 29.3. The van der Waals surface area contributed by atoms with Crippen molar-refractivity contribution in [2.75, 3.05) is 20.2 Å². The van der Waals surface area contributed by atoms with Crippen molar-refractivity contribution in [3.63, 3.8) is 0 Å². The second kappa shape index (κ2) is 6.86. The summed E-state index contributed by atoms with van der Waals surface area (Å²) in [5.41, 5.74) is 0.804. The van der Waals surface area contributed by atoms with Crippen molar-refractivity contribution in [2.24, 2.45) is 0 Å². The van der Waals surface area contributed by atoms with Crippen LogP contribution >= 0.6 is 0 Å². The monoisotopic (exact) mass is 287 g/mol. The molecule has 2 N–H and O–H groups in total. The van der Waals surface area contributed by atoms with E-state index in [0.29, 0.717) is 11.1 Å². The molecule has 110 valence electrons. The summed E-state index contributed by atoms with van der Waals surface area (Å²) in [7, 11) is 1.57. The number of carbonyl (C=O) groups excluding carboxylic acids is 2. The molecule has 2 amide bonds. The van der Waals surface area contributed by atoms with Gasteiger partial charge in [-0.3, -0.25) is 14.6 Å². The van der Waals surface area contributed by atoms with Crippen molar-refractivity contribution in [2.45, 2.75) is 18.9 Å². The van der Waals surface area contributed by atoms with Gasteiger partial charge in [0.1, 0.15) is 6.61 Å². The van der Waals surface area contributed by atoms with Crippen molar-refractivity contribution in [1.29, 1.82) is 0 Å². The number of nitrogens with one attached hydrogen (secondary N) is 1. The van der Waals surface area contributed by atoms with Gasteiger partial charge >= 0.3 is 0 Å². The number of likely N-dealkylation sites (N-methyl/N-ethyl adjacent to an activating group) is 1. The molecule has 0 bridgehead atoms. The minimum Gasteiger partial charge on any atom is -0.384 e. The highest BCUT2D eigenvalue weighted by Crippen LogP contribution is 2.18. The van der Waals surface area contributed by atoms with E-state index in [4.69, 9.17) is 5.11 Å². The minimum atomic E-state index is -0.300. The fourth-order valence-corrected chi connectivity index (χ4v) is 1.81. The van der Waals surface area contributed by atoms with Crippen LogP contribution in [0.2, 0.25) is 0 Å². The van der Waals surface area contributed by atoms with Gasteiger partial charge in [-0.1, -0.05) is 11.8 Å². The summed E-state index contributed by atoms with van der Waals surface area (Å²) in [6.07, 6.45) is 4.98. The van der Waals surface area contributed by atoms with Crippen LogP contribution in [0.15, 0.2) is 18.5 Å². The molecule has 0 radical (unpaired) electrons. The van der Waals surface area contributed by atoms with Crippen molar-refractivity contribution >= 4 is 11.8 Å². The second-order valence-corrected chi connectivity index (χ2v) is 4.88. The number of aromatic nitrogens is 1. The molecule has 1 saturated carbocycles. The lowest BCUT2D eigenvalue weighted by atomic mass is 10.1. The molecule has 1 aromatic rings. The summed E-state index contributed by atoms with van der Waals surface area (Å²) < 4.78 is 0. The first-order chi connectivity index (χ1) is 10.1. The highest BCUT2D eigenvalue weighted by atomic mass is 16.2. The Morgan fingerprint density at radius 2 is 2.29 bits per heavy atom. The van der Waals surface area contributed by atoms with Crippen molar-refractivity contribution in [3.05, 3.63) is 29.6 Å². The highest BCUT2D eigenvalue weighted by Gasteiger charge is 2.24. The Bertz CT molecular complexity index is 600. The smallest absolute Gasteiger partial charge is 0.255 e. The maximum atomic E-state index is 12.4. The lowest BCUT2D eigenvalue weighted by Crippen LogP contribution is -2.39. The molecule has 0 atom stereocenters. The predicted octanol–water partition coefficient (Wildman–Crippen LogP) is -0.224. The number of carbonyl (C=O) groups is 2. The first-order valence-electron chi connectivity index (χ1n) is 6.70. The van der Waals surface area contributed by atoms with Crippen LogP contribution in [0.1, 0.15) is 28.8 Å². The predicted molar refractivity (Wildman–Crippen MR) is 76.3 cm³/mol. The highest BCUT2D eigenvalue weighted by molar-refractivity contribution is 5.98. The van der Waals surface area contributed by atoms with E-state index in [0.717, 1.165) is 12.8 Å². The third kappa shape index (κ3) is 4.29. The number of nitrogens with zero attached hydrogens (tertiary/aromatic N) is 2. The van der Waals surface area contributed by atoms with Gasteiger partial charge in [0.15, 0.2) is 0 Å². The fourth-order valence-electron chi connectivity index (χ4n) is 1.81. The molecule has 1 heterocycles. The lowest BCUT2D eigenvalue weighted by molar-refractivity contribution is -0.121. The van der Waals surface area contributed by atoms with Gasteiger partial charge in [0, 0.05) is 25.5 Å². The van der Waals surface area contributed by atoms with Crippen molar-refractivity contribution in [3.8, 4) is 11.8 Å². The Morgan fingerprint density at radius 3 is 2.95 bits per heavy atom. The van der Waals surface area contributed by atoms with Gasteiger partial charge in [0.05, 0.1) is 17.7 Å². The first-order valence-corrected chi connectivity index (χ1v) is 6.70. The molecule has 0 aromatic carbocycles. The van der Waals surface area contributed by atoms with Crippen molar-refractivity contribution in [1.82, 2.24) is 15.2 Å². The quantitative estimate of drug-likeness (QED) is 0.750. The van der Waals surface area contributed by atoms with Gasteiger partial charge in [0.25, 0.3) is 5.91 Å². The Labute approximate surface area is 123 Å². The molecule has 0 spiro atoms. The summed E-state index contributed by atoms with van der Waals surface area (Å²) >= 11 is 0. The molecule has 2 rings (SSSR count). The zero-order chi connectivity index (χ0) is 15.2. The second-order valence-electron chi connectivity index (χ2n) is 4.88. The SMILES string of the molecule is CN(CC(=O)NC1CC1)C(=O)c1ccncc1C#CCO. The largest absolute Gasteiger partial charge is 0.384 e. The number of aliphatic hydroxyl groups is 1. The summed E-state index contributed by atoms with van der Waals surface area (Å²) in [5.74, 6) is 4.71. The van der Waals surface area contributed by atoms with E-state index in [1.54, 1.807) is 13.1 Å². The van der Waals surface area contributed by atoms with E-state index < -0.39 is 0 Å². The Kier molecular flexibility index (Phi) is 4.90. The number of amides is 2. The van der Waals surface area contributed by atoms with Crippen LogP contribution in [0.3, 0.4) is 0 Å². The third-order valence-corrected chi connectivity index (χ3v) is 3.02. The standard InChI is InChI=1S/C15H17N3O3/c1-18(10-14(20)17-12-4-5-12)15(21)13-6-7-16-9-11(13)3-2-8-19/h6-7,9,12,19H,4-5,8,10H2,1H3,(H,17,20). The normalized spacial score (nSPS) is 13.0. The summed E-state index contributed by atoms with van der Waals surface area (Å²) in [6, 6.07) is 1.83. The van der Waals surface area contributed by atoms with E-state index in [1.807, 2.05) is 0 Å². The number of hydrogen-bond donors (Lipinski definition) is 2. The molecule has 1 aliphatic carbocycles. The average Bonchev–Trinajstić information content (AvgIpc) is 3.28. The van der Waals surface area contributed by atoms with Crippen LogP contribution in [0.4, 0.5) is 0 Å². The Hall–Kier alpha value is -2.39. The topological polar surface area (TPSA) is 82.5 Å². The molecule has 0 unspecified atom stereocenters. The van der Waals surface area contributed by atoms with Crippen LogP contribution in [-0.2, 0) is 4.79 Å². The van der Waals surface area contributed by atoms with E-state index in [-0.39, 0.29) is 31.0 Å². The van der Waals surface area contributed by atoms with E-state index in [1.165, 1.54) is 17.3 Å². The van der Waals surface area contributed by atoms with Crippen molar-refractivity contribution < 1.29 is 14.7 Å². The van der Waals surface area contributed by atoms with Gasteiger partial charge in [-0.15, -0.1) is 0 Å². The van der Waals surface area contributed by atoms with Gasteiger partial charge < -0.3 is 15.3 Å². The number of aliphatic hydroxyl groups excluding tert-OH is 1. The van der Waals surface area contributed by atoms with Crippen LogP contribution in [-0.4, -0.2) is 53.0 Å². The average molecular weight is 287 g/mol. The molecule has 6 nitrogen and oxygen atoms in total. The molecule has 0 saturated heterocycles. The molecular formula is C15H17N3O3. The molecular weight excluding hydrogens is 270 g/mol.